The first-order valence-electron chi connectivity index (χ1n) is 4.80. The molecule has 0 aliphatic rings. The van der Waals surface area contributed by atoms with E-state index in [2.05, 4.69) is 4.98 Å². The molecule has 8 nitrogen and oxygen atoms in total. The van der Waals surface area contributed by atoms with Gasteiger partial charge in [-0.2, -0.15) is 0 Å². The standard InChI is InChI=1S/C9H12N4O4S/c10-6-4(7(11)16)5(8(12)17)9(13-6)18-2-1-3(14)15/h13H,1-2,10H2,(H2,11,16)(H2,12,17)(H,14,15). The number of rotatable bonds is 6. The van der Waals surface area contributed by atoms with E-state index in [1.807, 2.05) is 0 Å². The number of primary amides is 2. The van der Waals surface area contributed by atoms with E-state index in [0.29, 0.717) is 0 Å². The van der Waals surface area contributed by atoms with E-state index in [0.717, 1.165) is 11.8 Å². The predicted octanol–water partition coefficient (Wildman–Crippen LogP) is -0.639. The largest absolute Gasteiger partial charge is 0.481 e. The van der Waals surface area contributed by atoms with Crippen LogP contribution >= 0.6 is 11.8 Å². The molecule has 0 atom stereocenters. The number of nitrogen functional groups attached to an aromatic ring is 1. The van der Waals surface area contributed by atoms with Crippen molar-refractivity contribution in [2.24, 2.45) is 11.5 Å². The molecule has 0 aromatic carbocycles. The monoisotopic (exact) mass is 272 g/mol. The summed E-state index contributed by atoms with van der Waals surface area (Å²) in [5, 5.41) is 8.75. The molecule has 0 fully saturated rings. The molecule has 2 amide bonds. The Morgan fingerprint density at radius 1 is 1.17 bits per heavy atom. The number of aromatic nitrogens is 1. The highest BCUT2D eigenvalue weighted by Crippen LogP contribution is 2.29. The van der Waals surface area contributed by atoms with E-state index in [-0.39, 0.29) is 34.1 Å². The maximum Gasteiger partial charge on any atom is 0.304 e. The average molecular weight is 272 g/mol. The molecule has 98 valence electrons. The molecule has 1 rings (SSSR count). The quantitative estimate of drug-likeness (QED) is 0.432. The van der Waals surface area contributed by atoms with Gasteiger partial charge in [0.05, 0.1) is 22.6 Å². The van der Waals surface area contributed by atoms with Crippen molar-refractivity contribution in [3.63, 3.8) is 0 Å². The number of anilines is 1. The number of carbonyl (C=O) groups is 3. The van der Waals surface area contributed by atoms with Crippen LogP contribution in [0.5, 0.6) is 0 Å². The summed E-state index contributed by atoms with van der Waals surface area (Å²) in [5.41, 5.74) is 15.5. The first kappa shape index (κ1) is 13.9. The molecular formula is C9H12N4O4S. The molecule has 1 heterocycles. The second-order valence-corrected chi connectivity index (χ2v) is 4.44. The lowest BCUT2D eigenvalue weighted by atomic mass is 10.1. The second kappa shape index (κ2) is 5.45. The number of carboxylic acid groups (broad SMARTS) is 1. The van der Waals surface area contributed by atoms with Crippen molar-refractivity contribution in [3.8, 4) is 0 Å². The number of aromatic amines is 1. The summed E-state index contributed by atoms with van der Waals surface area (Å²) in [4.78, 5) is 35.4. The summed E-state index contributed by atoms with van der Waals surface area (Å²) in [6.07, 6.45) is -0.103. The second-order valence-electron chi connectivity index (χ2n) is 3.34. The van der Waals surface area contributed by atoms with Crippen LogP contribution < -0.4 is 17.2 Å². The fraction of sp³-hybridized carbons (Fsp3) is 0.222. The number of carbonyl (C=O) groups excluding carboxylic acids is 2. The van der Waals surface area contributed by atoms with Gasteiger partial charge in [0.2, 0.25) is 0 Å². The summed E-state index contributed by atoms with van der Waals surface area (Å²) in [6, 6.07) is 0. The Hall–Kier alpha value is -2.16. The number of nitrogens with two attached hydrogens (primary N) is 3. The number of hydrogen-bond donors (Lipinski definition) is 5. The van der Waals surface area contributed by atoms with Crippen LogP contribution in [0.15, 0.2) is 5.03 Å². The molecule has 8 N–H and O–H groups in total. The molecule has 0 saturated heterocycles. The van der Waals surface area contributed by atoms with E-state index in [9.17, 15) is 14.4 Å². The van der Waals surface area contributed by atoms with Crippen LogP contribution in [0.25, 0.3) is 0 Å². The topological polar surface area (TPSA) is 165 Å². The van der Waals surface area contributed by atoms with Crippen molar-refractivity contribution >= 4 is 35.4 Å². The van der Waals surface area contributed by atoms with E-state index in [4.69, 9.17) is 22.3 Å². The highest BCUT2D eigenvalue weighted by Gasteiger charge is 2.24. The Labute approximate surface area is 106 Å². The lowest BCUT2D eigenvalue weighted by Crippen LogP contribution is -2.20. The van der Waals surface area contributed by atoms with Gasteiger partial charge in [-0.3, -0.25) is 14.4 Å². The highest BCUT2D eigenvalue weighted by molar-refractivity contribution is 7.99. The molecule has 0 radical (unpaired) electrons. The molecule has 0 aliphatic heterocycles. The van der Waals surface area contributed by atoms with E-state index >= 15 is 0 Å². The van der Waals surface area contributed by atoms with Crippen LogP contribution in [0.2, 0.25) is 0 Å². The SMILES string of the molecule is NC(=O)c1c(N)[nH]c(SCCC(=O)O)c1C(N)=O. The Balaban J connectivity index is 3.05. The summed E-state index contributed by atoms with van der Waals surface area (Å²) in [7, 11) is 0. The van der Waals surface area contributed by atoms with Gasteiger partial charge in [0.25, 0.3) is 11.8 Å². The van der Waals surface area contributed by atoms with Gasteiger partial charge >= 0.3 is 5.97 Å². The first-order valence-corrected chi connectivity index (χ1v) is 5.78. The zero-order valence-electron chi connectivity index (χ0n) is 9.23. The van der Waals surface area contributed by atoms with Crippen molar-refractivity contribution < 1.29 is 19.5 Å². The molecular weight excluding hydrogens is 260 g/mol. The molecule has 18 heavy (non-hydrogen) atoms. The summed E-state index contributed by atoms with van der Waals surface area (Å²) in [6.45, 7) is 0. The third kappa shape index (κ3) is 2.94. The summed E-state index contributed by atoms with van der Waals surface area (Å²) < 4.78 is 0. The molecule has 9 heteroatoms. The van der Waals surface area contributed by atoms with Crippen molar-refractivity contribution in [2.75, 3.05) is 11.5 Å². The van der Waals surface area contributed by atoms with E-state index in [1.165, 1.54) is 0 Å². The molecule has 1 aromatic heterocycles. The van der Waals surface area contributed by atoms with Gasteiger partial charge in [-0.15, -0.1) is 11.8 Å². The number of amides is 2. The maximum atomic E-state index is 11.3. The van der Waals surface area contributed by atoms with Gasteiger partial charge in [-0.05, 0) is 0 Å². The zero-order valence-corrected chi connectivity index (χ0v) is 10.0. The van der Waals surface area contributed by atoms with Gasteiger partial charge in [0.15, 0.2) is 0 Å². The summed E-state index contributed by atoms with van der Waals surface area (Å²) in [5.74, 6) is -2.56. The van der Waals surface area contributed by atoms with Crippen LogP contribution in [0.3, 0.4) is 0 Å². The molecule has 0 unspecified atom stereocenters. The predicted molar refractivity (Wildman–Crippen MR) is 65.2 cm³/mol. The number of hydrogen-bond acceptors (Lipinski definition) is 5. The lowest BCUT2D eigenvalue weighted by molar-refractivity contribution is -0.136. The van der Waals surface area contributed by atoms with Crippen molar-refractivity contribution in [2.45, 2.75) is 11.4 Å². The molecule has 0 aliphatic carbocycles. The minimum Gasteiger partial charge on any atom is -0.481 e. The number of thioether (sulfide) groups is 1. The normalized spacial score (nSPS) is 10.2. The van der Waals surface area contributed by atoms with Crippen molar-refractivity contribution in [3.05, 3.63) is 11.1 Å². The van der Waals surface area contributed by atoms with Gasteiger partial charge < -0.3 is 27.3 Å². The van der Waals surface area contributed by atoms with Gasteiger partial charge in [0.1, 0.15) is 5.82 Å². The fourth-order valence-corrected chi connectivity index (χ4v) is 2.35. The van der Waals surface area contributed by atoms with Gasteiger partial charge in [-0.1, -0.05) is 0 Å². The summed E-state index contributed by atoms with van der Waals surface area (Å²) >= 11 is 1.03. The highest BCUT2D eigenvalue weighted by atomic mass is 32.2. The van der Waals surface area contributed by atoms with Crippen molar-refractivity contribution in [1.29, 1.82) is 0 Å². The number of carboxylic acids is 1. The Kier molecular flexibility index (Phi) is 4.21. The van der Waals surface area contributed by atoms with E-state index in [1.54, 1.807) is 0 Å². The average Bonchev–Trinajstić information content (AvgIpc) is 2.54. The number of nitrogens with one attached hydrogen (secondary N) is 1. The van der Waals surface area contributed by atoms with Gasteiger partial charge in [0, 0.05) is 5.75 Å². The van der Waals surface area contributed by atoms with Crippen LogP contribution in [0.4, 0.5) is 5.82 Å². The minimum atomic E-state index is -0.974. The molecule has 1 aromatic rings. The molecule has 0 bridgehead atoms. The maximum absolute atomic E-state index is 11.3. The minimum absolute atomic E-state index is 0.0610. The Morgan fingerprint density at radius 3 is 2.17 bits per heavy atom. The Morgan fingerprint density at radius 2 is 1.72 bits per heavy atom. The van der Waals surface area contributed by atoms with Crippen LogP contribution in [0, 0.1) is 0 Å². The van der Waals surface area contributed by atoms with Crippen molar-refractivity contribution in [1.82, 2.24) is 4.98 Å². The lowest BCUT2D eigenvalue weighted by Gasteiger charge is -2.00. The third-order valence-electron chi connectivity index (χ3n) is 2.05. The molecule has 0 saturated carbocycles. The van der Waals surface area contributed by atoms with E-state index < -0.39 is 17.8 Å². The smallest absolute Gasteiger partial charge is 0.304 e. The van der Waals surface area contributed by atoms with Gasteiger partial charge in [-0.25, -0.2) is 0 Å². The molecule has 0 spiro atoms. The fourth-order valence-electron chi connectivity index (χ4n) is 1.34. The number of H-pyrrole nitrogens is 1. The Bertz CT molecular complexity index is 511. The zero-order chi connectivity index (χ0) is 13.9. The third-order valence-corrected chi connectivity index (χ3v) is 3.05. The first-order chi connectivity index (χ1) is 8.34. The van der Waals surface area contributed by atoms with Crippen LogP contribution in [-0.2, 0) is 4.79 Å². The number of aliphatic carboxylic acids is 1. The van der Waals surface area contributed by atoms with Crippen LogP contribution in [-0.4, -0.2) is 33.6 Å². The van der Waals surface area contributed by atoms with Crippen LogP contribution in [0.1, 0.15) is 27.1 Å².